The van der Waals surface area contributed by atoms with Gasteiger partial charge in [-0.05, 0) is 0 Å². The van der Waals surface area contributed by atoms with Gasteiger partial charge in [0, 0.05) is 0 Å². The Hall–Kier alpha value is -1.41. The minimum absolute atomic E-state index is 0. The van der Waals surface area contributed by atoms with Crippen LogP contribution >= 0.6 is 0 Å². The van der Waals surface area contributed by atoms with Crippen LogP contribution in [0.3, 0.4) is 0 Å². The summed E-state index contributed by atoms with van der Waals surface area (Å²) in [5.41, 5.74) is 0. The molecular formula is C13H15FSi. The highest BCUT2D eigenvalue weighted by atomic mass is 28.3. The Morgan fingerprint density at radius 2 is 1.00 bits per heavy atom. The quantitative estimate of drug-likeness (QED) is 0.674. The fourth-order valence-corrected chi connectivity index (χ4v) is 3.66. The van der Waals surface area contributed by atoms with Crippen LogP contribution in [0.25, 0.3) is 0 Å². The molecule has 2 heteroatoms. The van der Waals surface area contributed by atoms with E-state index in [0.29, 0.717) is 0 Å². The molecule has 0 saturated carbocycles. The van der Waals surface area contributed by atoms with Gasteiger partial charge in [-0.15, -0.1) is 0 Å². The van der Waals surface area contributed by atoms with E-state index in [0.717, 1.165) is 0 Å². The molecule has 0 spiro atoms. The predicted molar refractivity (Wildman–Crippen MR) is 67.7 cm³/mol. The summed E-state index contributed by atoms with van der Waals surface area (Å²) in [4.78, 5) is 0. The van der Waals surface area contributed by atoms with Gasteiger partial charge in [0.1, 0.15) is 0 Å². The monoisotopic (exact) mass is 218 g/mol. The van der Waals surface area contributed by atoms with Crippen molar-refractivity contribution >= 4 is 19.2 Å². The van der Waals surface area contributed by atoms with Gasteiger partial charge in [0.25, 0.3) is 0 Å². The third kappa shape index (κ3) is 2.77. The van der Waals surface area contributed by atoms with Gasteiger partial charge in [0.2, 0.25) is 0 Å². The Bertz CT molecular complexity index is 346. The molecule has 0 radical (unpaired) electrons. The molecule has 0 amide bonds. The summed E-state index contributed by atoms with van der Waals surface area (Å²) in [5, 5.41) is 3.03. The summed E-state index contributed by atoms with van der Waals surface area (Å²) in [6, 6.07) is 21.6. The number of hydrogen-bond donors (Lipinski definition) is 0. The second-order valence-corrected chi connectivity index (χ2v) is 6.32. The summed E-state index contributed by atoms with van der Waals surface area (Å²) >= 11 is 0. The lowest BCUT2D eigenvalue weighted by Gasteiger charge is -2.09. The first-order valence-corrected chi connectivity index (χ1v) is 7.29. The summed E-state index contributed by atoms with van der Waals surface area (Å²) in [5.74, 6) is 0. The summed E-state index contributed by atoms with van der Waals surface area (Å²) in [6.45, 7) is 2.38. The Balaban J connectivity index is 0.00000112. The number of halogens is 1. The van der Waals surface area contributed by atoms with Crippen molar-refractivity contribution < 1.29 is 4.70 Å². The van der Waals surface area contributed by atoms with Crippen molar-refractivity contribution in [2.75, 3.05) is 0 Å². The largest absolute Gasteiger partial charge is 0.269 e. The van der Waals surface area contributed by atoms with Crippen molar-refractivity contribution in [3.8, 4) is 0 Å². The van der Waals surface area contributed by atoms with Crippen LogP contribution in [0.15, 0.2) is 60.7 Å². The molecule has 0 N–H and O–H groups in total. The van der Waals surface area contributed by atoms with Crippen LogP contribution in [-0.4, -0.2) is 8.80 Å². The van der Waals surface area contributed by atoms with Crippen LogP contribution in [0, 0.1) is 0 Å². The number of rotatable bonds is 2. The second-order valence-electron chi connectivity index (χ2n) is 3.54. The Labute approximate surface area is 91.6 Å². The van der Waals surface area contributed by atoms with E-state index in [2.05, 4.69) is 67.2 Å². The first-order chi connectivity index (χ1) is 6.88. The van der Waals surface area contributed by atoms with Gasteiger partial charge in [-0.3, -0.25) is 4.70 Å². The van der Waals surface area contributed by atoms with Crippen molar-refractivity contribution in [2.24, 2.45) is 0 Å². The first-order valence-electron chi connectivity index (χ1n) is 4.98. The van der Waals surface area contributed by atoms with E-state index >= 15 is 0 Å². The fraction of sp³-hybridized carbons (Fsp3) is 0.0769. The molecule has 0 fully saturated rings. The van der Waals surface area contributed by atoms with E-state index in [1.807, 2.05) is 0 Å². The van der Waals surface area contributed by atoms with Crippen LogP contribution in [0.1, 0.15) is 0 Å². The molecule has 2 aromatic carbocycles. The van der Waals surface area contributed by atoms with Gasteiger partial charge >= 0.3 is 0 Å². The average molecular weight is 218 g/mol. The molecule has 78 valence electrons. The Morgan fingerprint density at radius 1 is 0.667 bits per heavy atom. The molecule has 2 aromatic rings. The standard InChI is InChI=1S/C13H14Si.FH/c1-14(12-8-4-2-5-9-12)13-10-6-3-7-11-13;/h2-11,14H,1H3;1H. The third-order valence-electron chi connectivity index (χ3n) is 2.60. The van der Waals surface area contributed by atoms with Crippen molar-refractivity contribution in [2.45, 2.75) is 6.55 Å². The van der Waals surface area contributed by atoms with Gasteiger partial charge in [0.15, 0.2) is 0 Å². The average Bonchev–Trinajstić information content (AvgIpc) is 2.30. The minimum Gasteiger partial charge on any atom is -0.269 e. The van der Waals surface area contributed by atoms with E-state index in [9.17, 15) is 0 Å². The SMILES string of the molecule is C[SiH](c1ccccc1)c1ccccc1.F. The van der Waals surface area contributed by atoms with E-state index in [-0.39, 0.29) is 4.70 Å². The van der Waals surface area contributed by atoms with Crippen LogP contribution in [0.2, 0.25) is 6.55 Å². The maximum atomic E-state index is 2.38. The van der Waals surface area contributed by atoms with Crippen molar-refractivity contribution in [1.29, 1.82) is 0 Å². The minimum atomic E-state index is -0.919. The van der Waals surface area contributed by atoms with Gasteiger partial charge in [-0.25, -0.2) is 0 Å². The molecule has 0 heterocycles. The molecule has 0 saturated heterocycles. The lowest BCUT2D eigenvalue weighted by molar-refractivity contribution is 1.11. The summed E-state index contributed by atoms with van der Waals surface area (Å²) in [6.07, 6.45) is 0. The third-order valence-corrected chi connectivity index (χ3v) is 5.37. The second kappa shape index (κ2) is 5.46. The van der Waals surface area contributed by atoms with Gasteiger partial charge < -0.3 is 0 Å². The molecule has 0 nitrogen and oxygen atoms in total. The lowest BCUT2D eigenvalue weighted by atomic mass is 10.4. The van der Waals surface area contributed by atoms with Crippen molar-refractivity contribution in [3.05, 3.63) is 60.7 Å². The van der Waals surface area contributed by atoms with Crippen LogP contribution in [-0.2, 0) is 0 Å². The molecule has 0 bridgehead atoms. The van der Waals surface area contributed by atoms with Gasteiger partial charge in [-0.1, -0.05) is 77.6 Å². The van der Waals surface area contributed by atoms with Gasteiger partial charge in [-0.2, -0.15) is 0 Å². The number of benzene rings is 2. The van der Waals surface area contributed by atoms with Crippen LogP contribution in [0.4, 0.5) is 4.70 Å². The zero-order valence-corrected chi connectivity index (χ0v) is 9.91. The molecule has 0 unspecified atom stereocenters. The Morgan fingerprint density at radius 3 is 1.33 bits per heavy atom. The van der Waals surface area contributed by atoms with Crippen molar-refractivity contribution in [3.63, 3.8) is 0 Å². The highest BCUT2D eigenvalue weighted by Crippen LogP contribution is 1.91. The molecule has 0 aliphatic carbocycles. The summed E-state index contributed by atoms with van der Waals surface area (Å²) in [7, 11) is -0.919. The lowest BCUT2D eigenvalue weighted by Crippen LogP contribution is -2.38. The topological polar surface area (TPSA) is 0 Å². The summed E-state index contributed by atoms with van der Waals surface area (Å²) < 4.78 is 0. The fourth-order valence-electron chi connectivity index (χ4n) is 1.68. The Kier molecular flexibility index (Phi) is 4.25. The predicted octanol–water partition coefficient (Wildman–Crippen LogP) is 1.81. The van der Waals surface area contributed by atoms with E-state index < -0.39 is 8.80 Å². The molecule has 0 atom stereocenters. The molecular weight excluding hydrogens is 203 g/mol. The van der Waals surface area contributed by atoms with E-state index in [1.165, 1.54) is 10.4 Å². The van der Waals surface area contributed by atoms with E-state index in [4.69, 9.17) is 0 Å². The number of hydrogen-bond acceptors (Lipinski definition) is 0. The highest BCUT2D eigenvalue weighted by Gasteiger charge is 2.07. The van der Waals surface area contributed by atoms with Crippen LogP contribution in [0.5, 0.6) is 0 Å². The normalized spacial score (nSPS) is 9.73. The van der Waals surface area contributed by atoms with Crippen molar-refractivity contribution in [1.82, 2.24) is 0 Å². The maximum Gasteiger partial charge on any atom is 0.0997 e. The molecule has 0 aliphatic heterocycles. The first kappa shape index (κ1) is 11.7. The van der Waals surface area contributed by atoms with E-state index in [1.54, 1.807) is 0 Å². The molecule has 0 aliphatic rings. The highest BCUT2D eigenvalue weighted by molar-refractivity contribution is 6.84. The molecule has 15 heavy (non-hydrogen) atoms. The smallest absolute Gasteiger partial charge is 0.0997 e. The van der Waals surface area contributed by atoms with Crippen LogP contribution < -0.4 is 10.4 Å². The zero-order chi connectivity index (χ0) is 9.80. The maximum absolute atomic E-state index is 2.38. The molecule has 2 rings (SSSR count). The zero-order valence-electron chi connectivity index (χ0n) is 8.76. The van der Waals surface area contributed by atoms with Gasteiger partial charge in [0.05, 0.1) is 8.80 Å². The molecule has 0 aromatic heterocycles.